The molecule has 0 aliphatic heterocycles. The van der Waals surface area contributed by atoms with E-state index in [0.717, 1.165) is 33.7 Å². The number of carbonyl (C=O) groups excluding carboxylic acids is 2. The number of nitrogens with zero attached hydrogens (tertiary/aromatic N) is 1. The average Bonchev–Trinajstić information content (AvgIpc) is 2.69. The lowest BCUT2D eigenvalue weighted by molar-refractivity contribution is -0.148. The Morgan fingerprint density at radius 2 is 1.74 bits per heavy atom. The predicted octanol–water partition coefficient (Wildman–Crippen LogP) is 5.64. The topological polar surface area (TPSA) is 55.8 Å². The molecule has 0 aliphatic rings. The summed E-state index contributed by atoms with van der Waals surface area (Å²) >= 11 is 2.08. The highest BCUT2D eigenvalue weighted by Gasteiger charge is 2.21. The van der Waals surface area contributed by atoms with Gasteiger partial charge in [-0.25, -0.2) is 4.79 Å². The maximum Gasteiger partial charge on any atom is 0.331 e. The number of ether oxygens (including phenoxy) is 2. The van der Waals surface area contributed by atoms with Crippen molar-refractivity contribution in [2.75, 3.05) is 16.4 Å². The number of hydrogen-bond acceptors (Lipinski definition) is 4. The zero-order valence-electron chi connectivity index (χ0n) is 19.0. The number of alkyl halides is 1. The van der Waals surface area contributed by atoms with E-state index in [-0.39, 0.29) is 5.91 Å². The van der Waals surface area contributed by atoms with Crippen LogP contribution in [0.15, 0.2) is 42.5 Å². The largest absolute Gasteiger partial charge is 0.497 e. The molecule has 0 aliphatic carbocycles. The first-order valence-corrected chi connectivity index (χ1v) is 11.6. The van der Waals surface area contributed by atoms with Gasteiger partial charge in [0.05, 0.1) is 23.8 Å². The number of esters is 1. The van der Waals surface area contributed by atoms with Crippen molar-refractivity contribution in [2.45, 2.75) is 46.8 Å². The van der Waals surface area contributed by atoms with E-state index in [9.17, 15) is 9.59 Å². The first-order valence-electron chi connectivity index (χ1n) is 10.1. The van der Waals surface area contributed by atoms with Gasteiger partial charge in [0.2, 0.25) is 5.91 Å². The maximum atomic E-state index is 12.9. The molecule has 5 nitrogen and oxygen atoms in total. The summed E-state index contributed by atoms with van der Waals surface area (Å²) in [7, 11) is 1.62. The van der Waals surface area contributed by atoms with Crippen LogP contribution in [-0.4, -0.2) is 29.0 Å². The molecular formula is C25H30INO4. The van der Waals surface area contributed by atoms with Crippen molar-refractivity contribution < 1.29 is 19.1 Å². The summed E-state index contributed by atoms with van der Waals surface area (Å²) in [6.45, 7) is 9.89. The molecule has 1 amide bonds. The van der Waals surface area contributed by atoms with Crippen molar-refractivity contribution in [1.29, 1.82) is 0 Å². The molecule has 0 unspecified atom stereocenters. The lowest BCUT2D eigenvalue weighted by Gasteiger charge is -2.27. The fraction of sp³-hybridized carbons (Fsp3) is 0.360. The molecule has 0 radical (unpaired) electrons. The third-order valence-corrected chi connectivity index (χ3v) is 5.12. The smallest absolute Gasteiger partial charge is 0.331 e. The SMILES string of the molecule is COc1ccc(CN(C(=O)CI)c2c(C)cc(C)cc2/C=C/C(=O)OC(C)(C)C)cc1. The molecule has 31 heavy (non-hydrogen) atoms. The molecule has 6 heteroatoms. The third-order valence-electron chi connectivity index (χ3n) is 4.47. The Morgan fingerprint density at radius 1 is 1.10 bits per heavy atom. The normalized spacial score (nSPS) is 11.5. The van der Waals surface area contributed by atoms with E-state index in [1.807, 2.05) is 71.0 Å². The molecule has 0 spiro atoms. The quantitative estimate of drug-likeness (QED) is 0.200. The fourth-order valence-corrected chi connectivity index (χ4v) is 3.67. The van der Waals surface area contributed by atoms with E-state index >= 15 is 0 Å². The highest BCUT2D eigenvalue weighted by molar-refractivity contribution is 14.1. The molecule has 0 bridgehead atoms. The van der Waals surface area contributed by atoms with Crippen molar-refractivity contribution in [3.8, 4) is 5.75 Å². The molecule has 166 valence electrons. The van der Waals surface area contributed by atoms with Gasteiger partial charge in [-0.15, -0.1) is 0 Å². The van der Waals surface area contributed by atoms with E-state index < -0.39 is 11.6 Å². The van der Waals surface area contributed by atoms with Gasteiger partial charge in [-0.3, -0.25) is 4.79 Å². The first-order chi connectivity index (χ1) is 14.5. The molecule has 2 rings (SSSR count). The van der Waals surface area contributed by atoms with Crippen LogP contribution in [0.4, 0.5) is 5.69 Å². The predicted molar refractivity (Wildman–Crippen MR) is 134 cm³/mol. The van der Waals surface area contributed by atoms with Crippen molar-refractivity contribution >= 4 is 46.2 Å². The average molecular weight is 535 g/mol. The first kappa shape index (κ1) is 24.9. The van der Waals surface area contributed by atoms with Gasteiger partial charge in [-0.1, -0.05) is 46.4 Å². The second kappa shape index (κ2) is 10.8. The monoisotopic (exact) mass is 535 g/mol. The molecule has 0 saturated carbocycles. The summed E-state index contributed by atoms with van der Waals surface area (Å²) in [5.41, 5.74) is 4.04. The van der Waals surface area contributed by atoms with Crippen molar-refractivity contribution in [1.82, 2.24) is 0 Å². The van der Waals surface area contributed by atoms with E-state index in [0.29, 0.717) is 11.0 Å². The molecule has 2 aromatic carbocycles. The number of carbonyl (C=O) groups is 2. The molecule has 0 N–H and O–H groups in total. The van der Waals surface area contributed by atoms with Crippen LogP contribution in [-0.2, 0) is 20.9 Å². The van der Waals surface area contributed by atoms with Crippen LogP contribution < -0.4 is 9.64 Å². The Kier molecular flexibility index (Phi) is 8.68. The number of methoxy groups -OCH3 is 1. The van der Waals surface area contributed by atoms with Crippen molar-refractivity contribution in [2.24, 2.45) is 0 Å². The van der Waals surface area contributed by atoms with E-state index in [1.54, 1.807) is 18.1 Å². The van der Waals surface area contributed by atoms with Gasteiger partial charge in [0.25, 0.3) is 0 Å². The van der Waals surface area contributed by atoms with Crippen LogP contribution >= 0.6 is 22.6 Å². The van der Waals surface area contributed by atoms with E-state index in [2.05, 4.69) is 22.6 Å². The second-order valence-corrected chi connectivity index (χ2v) is 9.11. The fourth-order valence-electron chi connectivity index (χ4n) is 3.26. The number of amides is 1. The van der Waals surface area contributed by atoms with Crippen LogP contribution in [0.5, 0.6) is 5.75 Å². The summed E-state index contributed by atoms with van der Waals surface area (Å²) < 4.78 is 11.0. The highest BCUT2D eigenvalue weighted by atomic mass is 127. The highest BCUT2D eigenvalue weighted by Crippen LogP contribution is 2.30. The number of anilines is 1. The van der Waals surface area contributed by atoms with Crippen molar-refractivity contribution in [3.63, 3.8) is 0 Å². The van der Waals surface area contributed by atoms with Gasteiger partial charge in [-0.05, 0) is 75.6 Å². The van der Waals surface area contributed by atoms with E-state index in [4.69, 9.17) is 9.47 Å². The van der Waals surface area contributed by atoms with Crippen LogP contribution in [0.2, 0.25) is 0 Å². The molecule has 0 fully saturated rings. The Labute approximate surface area is 198 Å². The number of aryl methyl sites for hydroxylation is 2. The molecule has 0 saturated heterocycles. The maximum absolute atomic E-state index is 12.9. The summed E-state index contributed by atoms with van der Waals surface area (Å²) in [5.74, 6) is 0.345. The van der Waals surface area contributed by atoms with Gasteiger partial charge in [0.1, 0.15) is 11.4 Å². The van der Waals surface area contributed by atoms with Gasteiger partial charge >= 0.3 is 5.97 Å². The van der Waals surface area contributed by atoms with E-state index in [1.165, 1.54) is 6.08 Å². The Hall–Kier alpha value is -2.35. The number of rotatable bonds is 7. The van der Waals surface area contributed by atoms with Crippen LogP contribution in [0.1, 0.15) is 43.0 Å². The molecule has 0 heterocycles. The summed E-state index contributed by atoms with van der Waals surface area (Å²) in [6, 6.07) is 11.7. The van der Waals surface area contributed by atoms with Gasteiger partial charge in [0.15, 0.2) is 0 Å². The molecular weight excluding hydrogens is 505 g/mol. The minimum absolute atomic E-state index is 0.00436. The number of benzene rings is 2. The molecule has 0 atom stereocenters. The standard InChI is InChI=1S/C25H30INO4/c1-17-13-18(2)24(20(14-17)9-12-23(29)31-25(3,4)5)27(22(28)15-26)16-19-7-10-21(30-6)11-8-19/h7-14H,15-16H2,1-6H3/b12-9+. The van der Waals surface area contributed by atoms with Gasteiger partial charge < -0.3 is 14.4 Å². The lowest BCUT2D eigenvalue weighted by atomic mass is 10.0. The summed E-state index contributed by atoms with van der Waals surface area (Å²) in [6.07, 6.45) is 3.15. The zero-order chi connectivity index (χ0) is 23.2. The minimum Gasteiger partial charge on any atom is -0.497 e. The molecule has 2 aromatic rings. The van der Waals surface area contributed by atoms with Gasteiger partial charge in [-0.2, -0.15) is 0 Å². The second-order valence-electron chi connectivity index (χ2n) is 8.35. The lowest BCUT2D eigenvalue weighted by Crippen LogP contribution is -2.32. The number of halogens is 1. The van der Waals surface area contributed by atoms with Crippen LogP contribution in [0.25, 0.3) is 6.08 Å². The van der Waals surface area contributed by atoms with Crippen LogP contribution in [0, 0.1) is 13.8 Å². The van der Waals surface area contributed by atoms with Gasteiger partial charge in [0, 0.05) is 6.08 Å². The third kappa shape index (κ3) is 7.38. The number of hydrogen-bond donors (Lipinski definition) is 0. The zero-order valence-corrected chi connectivity index (χ0v) is 21.1. The summed E-state index contributed by atoms with van der Waals surface area (Å²) in [5, 5.41) is 0. The van der Waals surface area contributed by atoms with Crippen LogP contribution in [0.3, 0.4) is 0 Å². The Bertz CT molecular complexity index is 959. The Balaban J connectivity index is 2.47. The van der Waals surface area contributed by atoms with Crippen molar-refractivity contribution in [3.05, 3.63) is 64.7 Å². The Morgan fingerprint density at radius 3 is 2.29 bits per heavy atom. The summed E-state index contributed by atoms with van der Waals surface area (Å²) in [4.78, 5) is 26.9. The molecule has 0 aromatic heterocycles. The minimum atomic E-state index is -0.565.